The Balaban J connectivity index is 1.78. The number of benzene rings is 5. The van der Waals surface area contributed by atoms with Crippen molar-refractivity contribution in [3.8, 4) is 11.1 Å². The van der Waals surface area contributed by atoms with E-state index in [9.17, 15) is 0 Å². The Labute approximate surface area is 187 Å². The summed E-state index contributed by atoms with van der Waals surface area (Å²) in [5.41, 5.74) is 7.45. The van der Waals surface area contributed by atoms with E-state index in [2.05, 4.69) is 120 Å². The van der Waals surface area contributed by atoms with Gasteiger partial charge in [0.1, 0.15) is 11.2 Å². The second-order valence-corrected chi connectivity index (χ2v) is 7.81. The van der Waals surface area contributed by atoms with E-state index in [0.717, 1.165) is 44.6 Å². The summed E-state index contributed by atoms with van der Waals surface area (Å²) >= 11 is 0. The summed E-state index contributed by atoms with van der Waals surface area (Å²) in [6.45, 7) is 0. The van der Waals surface area contributed by atoms with Crippen LogP contribution in [0.1, 0.15) is 0 Å². The fourth-order valence-electron chi connectivity index (χ4n) is 4.44. The Morgan fingerprint density at radius 1 is 0.469 bits per heavy atom. The summed E-state index contributed by atoms with van der Waals surface area (Å²) in [5, 5.41) is 2.24. The van der Waals surface area contributed by atoms with Crippen LogP contribution in [0.25, 0.3) is 33.1 Å². The van der Waals surface area contributed by atoms with Gasteiger partial charge in [-0.15, -0.1) is 0 Å². The lowest BCUT2D eigenvalue weighted by Crippen LogP contribution is -2.11. The second-order valence-electron chi connectivity index (χ2n) is 7.81. The molecule has 32 heavy (non-hydrogen) atoms. The number of para-hydroxylation sites is 3. The van der Waals surface area contributed by atoms with Crippen molar-refractivity contribution in [3.05, 3.63) is 127 Å². The van der Waals surface area contributed by atoms with Crippen LogP contribution in [0, 0.1) is 0 Å². The van der Waals surface area contributed by atoms with Crippen LogP contribution >= 0.6 is 0 Å². The van der Waals surface area contributed by atoms with E-state index in [1.165, 1.54) is 5.56 Å². The van der Waals surface area contributed by atoms with Gasteiger partial charge in [0.2, 0.25) is 0 Å². The van der Waals surface area contributed by atoms with E-state index in [0.29, 0.717) is 0 Å². The van der Waals surface area contributed by atoms with E-state index in [1.54, 1.807) is 0 Å². The first-order valence-electron chi connectivity index (χ1n) is 10.8. The van der Waals surface area contributed by atoms with E-state index < -0.39 is 0 Å². The molecule has 1 aromatic heterocycles. The molecule has 0 spiro atoms. The third-order valence-corrected chi connectivity index (χ3v) is 5.85. The zero-order valence-electron chi connectivity index (χ0n) is 17.5. The van der Waals surface area contributed by atoms with Crippen molar-refractivity contribution in [1.82, 2.24) is 0 Å². The van der Waals surface area contributed by atoms with Gasteiger partial charge < -0.3 is 9.32 Å². The van der Waals surface area contributed by atoms with Gasteiger partial charge in [0.15, 0.2) is 0 Å². The number of fused-ring (bicyclic) bond motifs is 3. The molecule has 152 valence electrons. The number of rotatable bonds is 4. The predicted molar refractivity (Wildman–Crippen MR) is 134 cm³/mol. The molecule has 0 saturated heterocycles. The molecule has 0 fully saturated rings. The van der Waals surface area contributed by atoms with Crippen LogP contribution in [0.5, 0.6) is 0 Å². The molecule has 0 aliphatic heterocycles. The minimum absolute atomic E-state index is 0.887. The average Bonchev–Trinajstić information content (AvgIpc) is 3.25. The zero-order chi connectivity index (χ0) is 21.3. The molecule has 0 bridgehead atoms. The Hall–Kier alpha value is -4.30. The number of anilines is 3. The lowest BCUT2D eigenvalue weighted by molar-refractivity contribution is 0.669. The van der Waals surface area contributed by atoms with Crippen LogP contribution in [-0.4, -0.2) is 0 Å². The topological polar surface area (TPSA) is 16.4 Å². The van der Waals surface area contributed by atoms with Gasteiger partial charge in [-0.1, -0.05) is 84.9 Å². The van der Waals surface area contributed by atoms with Crippen LogP contribution in [0.2, 0.25) is 0 Å². The molecule has 0 unspecified atom stereocenters. The number of furan rings is 1. The lowest BCUT2D eigenvalue weighted by Gasteiger charge is -2.28. The fourth-order valence-corrected chi connectivity index (χ4v) is 4.44. The molecule has 2 heteroatoms. The Kier molecular flexibility index (Phi) is 4.47. The minimum Gasteiger partial charge on any atom is -0.456 e. The minimum atomic E-state index is 0.887. The lowest BCUT2D eigenvalue weighted by atomic mass is 9.97. The van der Waals surface area contributed by atoms with Gasteiger partial charge in [-0.2, -0.15) is 0 Å². The smallest absolute Gasteiger partial charge is 0.137 e. The maximum absolute atomic E-state index is 6.28. The molecule has 0 aliphatic carbocycles. The number of hydrogen-bond acceptors (Lipinski definition) is 2. The van der Waals surface area contributed by atoms with Crippen molar-refractivity contribution in [2.45, 2.75) is 0 Å². The molecule has 0 saturated carbocycles. The van der Waals surface area contributed by atoms with Gasteiger partial charge in [0, 0.05) is 22.3 Å². The van der Waals surface area contributed by atoms with E-state index in [1.807, 2.05) is 12.1 Å². The van der Waals surface area contributed by atoms with E-state index in [4.69, 9.17) is 4.42 Å². The van der Waals surface area contributed by atoms with Gasteiger partial charge >= 0.3 is 0 Å². The molecule has 0 amide bonds. The number of hydrogen-bond donors (Lipinski definition) is 0. The summed E-state index contributed by atoms with van der Waals surface area (Å²) in [7, 11) is 0. The van der Waals surface area contributed by atoms with E-state index in [-0.39, 0.29) is 0 Å². The monoisotopic (exact) mass is 411 g/mol. The fraction of sp³-hybridized carbons (Fsp3) is 0. The maximum atomic E-state index is 6.28. The molecular weight excluding hydrogens is 390 g/mol. The first-order chi connectivity index (χ1) is 15.9. The highest BCUT2D eigenvalue weighted by Gasteiger charge is 2.23. The summed E-state index contributed by atoms with van der Waals surface area (Å²) in [5.74, 6) is 0. The van der Waals surface area contributed by atoms with Gasteiger partial charge in [0.05, 0.1) is 11.1 Å². The second kappa shape index (κ2) is 7.75. The Bertz CT molecular complexity index is 1460. The maximum Gasteiger partial charge on any atom is 0.137 e. The SMILES string of the molecule is c1ccc(-c2ccc3oc4ccccc4c3c2N(c2ccccc2)c2ccccc2)cc1. The Morgan fingerprint density at radius 3 is 1.69 bits per heavy atom. The summed E-state index contributed by atoms with van der Waals surface area (Å²) < 4.78 is 6.28. The van der Waals surface area contributed by atoms with Gasteiger partial charge in [-0.25, -0.2) is 0 Å². The molecule has 0 N–H and O–H groups in total. The van der Waals surface area contributed by atoms with Gasteiger partial charge in [0.25, 0.3) is 0 Å². The third kappa shape index (κ3) is 3.05. The quantitative estimate of drug-likeness (QED) is 0.288. The van der Waals surface area contributed by atoms with Crippen molar-refractivity contribution in [3.63, 3.8) is 0 Å². The largest absolute Gasteiger partial charge is 0.456 e. The standard InChI is InChI=1S/C30H21NO/c1-4-12-22(13-5-1)25-20-21-28-29(26-18-10-11-19-27(26)32-28)30(25)31(23-14-6-2-7-15-23)24-16-8-3-9-17-24/h1-21H. The first kappa shape index (κ1) is 18.5. The Morgan fingerprint density at radius 2 is 1.03 bits per heavy atom. The summed E-state index contributed by atoms with van der Waals surface area (Å²) in [6.07, 6.45) is 0. The first-order valence-corrected chi connectivity index (χ1v) is 10.8. The molecule has 0 radical (unpaired) electrons. The normalized spacial score (nSPS) is 11.1. The summed E-state index contributed by atoms with van der Waals surface area (Å²) in [4.78, 5) is 2.34. The molecule has 0 atom stereocenters. The highest BCUT2D eigenvalue weighted by Crippen LogP contribution is 2.47. The van der Waals surface area contributed by atoms with Crippen LogP contribution < -0.4 is 4.90 Å². The molecule has 2 nitrogen and oxygen atoms in total. The van der Waals surface area contributed by atoms with Crippen molar-refractivity contribution < 1.29 is 4.42 Å². The molecule has 5 aromatic carbocycles. The molecule has 0 aliphatic rings. The summed E-state index contributed by atoms with van der Waals surface area (Å²) in [6, 6.07) is 44.2. The molecule has 6 aromatic rings. The predicted octanol–water partition coefficient (Wildman–Crippen LogP) is 8.72. The number of nitrogens with zero attached hydrogens (tertiary/aromatic N) is 1. The van der Waals surface area contributed by atoms with Gasteiger partial charge in [-0.3, -0.25) is 0 Å². The highest BCUT2D eigenvalue weighted by molar-refractivity contribution is 6.16. The zero-order valence-corrected chi connectivity index (χ0v) is 17.5. The van der Waals surface area contributed by atoms with Crippen molar-refractivity contribution in [2.75, 3.05) is 4.90 Å². The van der Waals surface area contributed by atoms with Crippen LogP contribution in [-0.2, 0) is 0 Å². The van der Waals surface area contributed by atoms with E-state index >= 15 is 0 Å². The third-order valence-electron chi connectivity index (χ3n) is 5.85. The average molecular weight is 412 g/mol. The van der Waals surface area contributed by atoms with Crippen molar-refractivity contribution in [1.29, 1.82) is 0 Å². The molecule has 1 heterocycles. The molecule has 6 rings (SSSR count). The van der Waals surface area contributed by atoms with Crippen LogP contribution in [0.4, 0.5) is 17.1 Å². The highest BCUT2D eigenvalue weighted by atomic mass is 16.3. The van der Waals surface area contributed by atoms with Crippen molar-refractivity contribution >= 4 is 39.0 Å². The van der Waals surface area contributed by atoms with Crippen LogP contribution in [0.3, 0.4) is 0 Å². The van der Waals surface area contributed by atoms with Crippen molar-refractivity contribution in [2.24, 2.45) is 0 Å². The molecular formula is C30H21NO. The van der Waals surface area contributed by atoms with Crippen LogP contribution in [0.15, 0.2) is 132 Å². The van der Waals surface area contributed by atoms with Gasteiger partial charge in [-0.05, 0) is 48.0 Å².